The minimum Gasteiger partial charge on any atom is -0.478 e. The molecule has 0 aliphatic heterocycles. The summed E-state index contributed by atoms with van der Waals surface area (Å²) in [4.78, 5) is 11.4. The van der Waals surface area contributed by atoms with Crippen LogP contribution in [0.3, 0.4) is 0 Å². The molecule has 0 amide bonds. The molecule has 8 nitrogen and oxygen atoms in total. The lowest BCUT2D eigenvalue weighted by Crippen LogP contribution is -2.10. The average molecular weight is 575 g/mol. The molecule has 1 unspecified atom stereocenters. The van der Waals surface area contributed by atoms with Crippen LogP contribution in [0, 0.1) is 5.41 Å². The Labute approximate surface area is 201 Å². The van der Waals surface area contributed by atoms with Crippen molar-refractivity contribution in [3.8, 4) is 0 Å². The number of rotatable bonds is 7. The third kappa shape index (κ3) is 4.91. The first-order chi connectivity index (χ1) is 15.0. The summed E-state index contributed by atoms with van der Waals surface area (Å²) in [7, 11) is -8.18. The molecule has 0 aliphatic carbocycles. The highest BCUT2D eigenvalue weighted by atomic mass is 79.9. The van der Waals surface area contributed by atoms with Gasteiger partial charge in [-0.2, -0.15) is 8.42 Å². The maximum Gasteiger partial charge on any atom is 0.335 e. The van der Waals surface area contributed by atoms with E-state index in [1.165, 1.54) is 30.0 Å². The van der Waals surface area contributed by atoms with Gasteiger partial charge in [0.25, 0.3) is 10.0 Å². The highest BCUT2D eigenvalue weighted by molar-refractivity contribution is 9.10. The van der Waals surface area contributed by atoms with Crippen molar-refractivity contribution in [2.45, 2.75) is 18.9 Å². The van der Waals surface area contributed by atoms with Crippen LogP contribution in [0.4, 0.5) is 0 Å². The molecule has 1 aromatic heterocycles. The molecule has 0 saturated heterocycles. The summed E-state index contributed by atoms with van der Waals surface area (Å²) in [6.07, 6.45) is 1.74. The van der Waals surface area contributed by atoms with E-state index in [0.29, 0.717) is 13.6 Å². The molecule has 4 N–H and O–H groups in total. The number of nitrogens with one attached hydrogen (secondary N) is 1. The molecule has 0 spiro atoms. The van der Waals surface area contributed by atoms with Crippen LogP contribution in [0.5, 0.6) is 0 Å². The summed E-state index contributed by atoms with van der Waals surface area (Å²) in [6.45, 7) is 0. The number of hydrogen-bond donors (Lipinski definition) is 3. The SMILES string of the molecule is CSc1sc(C(=N)N)cc1S(=O)(=NS(=O)(=O)c1ccc(C(=O)O)cc1)c1cccc(Br)c1. The van der Waals surface area contributed by atoms with Crippen LogP contribution in [0.15, 0.2) is 81.7 Å². The molecular formula is C19H16BrN3O5S4. The average Bonchev–Trinajstić information content (AvgIpc) is 3.19. The van der Waals surface area contributed by atoms with Gasteiger partial charge in [-0.1, -0.05) is 25.8 Å². The van der Waals surface area contributed by atoms with Crippen molar-refractivity contribution in [2.24, 2.45) is 9.50 Å². The monoisotopic (exact) mass is 573 g/mol. The first-order valence-corrected chi connectivity index (χ1v) is 14.4. The Balaban J connectivity index is 2.33. The molecule has 0 radical (unpaired) electrons. The molecule has 0 aliphatic rings. The predicted octanol–water partition coefficient (Wildman–Crippen LogP) is 4.49. The number of carboxylic acid groups (broad SMARTS) is 1. The fraction of sp³-hybridized carbons (Fsp3) is 0.0526. The Morgan fingerprint density at radius 3 is 2.31 bits per heavy atom. The third-order valence-electron chi connectivity index (χ3n) is 4.13. The van der Waals surface area contributed by atoms with Gasteiger partial charge in [-0.05, 0) is 54.8 Å². The zero-order valence-electron chi connectivity index (χ0n) is 16.3. The Bertz CT molecular complexity index is 1440. The quantitative estimate of drug-likeness (QED) is 0.214. The van der Waals surface area contributed by atoms with E-state index < -0.39 is 25.7 Å². The van der Waals surface area contributed by atoms with Gasteiger partial charge in [0.15, 0.2) is 0 Å². The largest absolute Gasteiger partial charge is 0.478 e. The second kappa shape index (κ2) is 9.35. The number of sulfonamides is 1. The standard InChI is InChI=1S/C19H16BrN3O5S4/c1-29-19-16(10-15(30-19)17(21)22)31(26,14-4-2-3-12(20)9-14)23-32(27,28)13-7-5-11(6-8-13)18(24)25/h2-10H,1H3,(H3,21,22)(H,24,25). The Kier molecular flexibility index (Phi) is 7.15. The van der Waals surface area contributed by atoms with Crippen LogP contribution in [0.2, 0.25) is 0 Å². The second-order valence-corrected chi connectivity index (χ2v) is 13.3. The van der Waals surface area contributed by atoms with Crippen molar-refractivity contribution >= 4 is 70.6 Å². The predicted molar refractivity (Wildman–Crippen MR) is 129 cm³/mol. The van der Waals surface area contributed by atoms with Crippen molar-refractivity contribution in [1.82, 2.24) is 0 Å². The fourth-order valence-electron chi connectivity index (χ4n) is 2.63. The maximum absolute atomic E-state index is 14.3. The number of thiophene rings is 1. The van der Waals surface area contributed by atoms with E-state index in [4.69, 9.17) is 16.2 Å². The number of thioether (sulfide) groups is 1. The molecular weight excluding hydrogens is 558 g/mol. The van der Waals surface area contributed by atoms with Gasteiger partial charge >= 0.3 is 5.97 Å². The smallest absolute Gasteiger partial charge is 0.335 e. The minimum absolute atomic E-state index is 0.0923. The van der Waals surface area contributed by atoms with Crippen LogP contribution in [-0.2, 0) is 19.8 Å². The molecule has 0 bridgehead atoms. The van der Waals surface area contributed by atoms with Crippen molar-refractivity contribution < 1.29 is 22.5 Å². The van der Waals surface area contributed by atoms with Gasteiger partial charge in [-0.25, -0.2) is 9.00 Å². The van der Waals surface area contributed by atoms with Gasteiger partial charge in [0.2, 0.25) is 0 Å². The number of aromatic carboxylic acids is 1. The number of halogens is 1. The normalized spacial score (nSPS) is 13.3. The Morgan fingerprint density at radius 2 is 1.78 bits per heavy atom. The molecule has 0 fully saturated rings. The van der Waals surface area contributed by atoms with Gasteiger partial charge < -0.3 is 10.8 Å². The Morgan fingerprint density at radius 1 is 1.12 bits per heavy atom. The number of nitrogens with zero attached hydrogens (tertiary/aromatic N) is 1. The second-order valence-electron chi connectivity index (χ2n) is 6.24. The van der Waals surface area contributed by atoms with Gasteiger partial charge in [0.1, 0.15) is 15.6 Å². The number of nitrogens with two attached hydrogens (primary N) is 1. The van der Waals surface area contributed by atoms with Crippen LogP contribution < -0.4 is 5.73 Å². The van der Waals surface area contributed by atoms with Crippen LogP contribution in [0.1, 0.15) is 15.2 Å². The lowest BCUT2D eigenvalue weighted by atomic mass is 10.2. The van der Waals surface area contributed by atoms with Gasteiger partial charge in [0, 0.05) is 4.47 Å². The molecule has 3 rings (SSSR count). The number of hydrogen-bond acceptors (Lipinski definition) is 7. The number of benzene rings is 2. The van der Waals surface area contributed by atoms with Crippen LogP contribution in [-0.4, -0.2) is 35.8 Å². The van der Waals surface area contributed by atoms with Gasteiger partial charge in [0.05, 0.1) is 29.3 Å². The molecule has 13 heteroatoms. The van der Waals surface area contributed by atoms with Gasteiger partial charge in [-0.3, -0.25) is 5.41 Å². The molecule has 32 heavy (non-hydrogen) atoms. The van der Waals surface area contributed by atoms with Crippen molar-refractivity contribution in [3.63, 3.8) is 0 Å². The van der Waals surface area contributed by atoms with E-state index in [-0.39, 0.29) is 26.1 Å². The summed E-state index contributed by atoms with van der Waals surface area (Å²) in [5.74, 6) is -1.44. The molecule has 2 aromatic carbocycles. The molecule has 3 aromatic rings. The first-order valence-electron chi connectivity index (χ1n) is 8.62. The minimum atomic E-state index is -4.45. The summed E-state index contributed by atoms with van der Waals surface area (Å²) in [5.41, 5.74) is 5.51. The van der Waals surface area contributed by atoms with E-state index in [0.717, 1.165) is 35.6 Å². The van der Waals surface area contributed by atoms with Crippen LogP contribution in [0.25, 0.3) is 0 Å². The number of nitrogen functional groups attached to an aromatic ring is 1. The molecule has 1 atom stereocenters. The van der Waals surface area contributed by atoms with Crippen molar-refractivity contribution in [3.05, 3.63) is 69.5 Å². The topological polar surface area (TPSA) is 151 Å². The van der Waals surface area contributed by atoms with Crippen molar-refractivity contribution in [2.75, 3.05) is 6.26 Å². The zero-order valence-corrected chi connectivity index (χ0v) is 21.2. The summed E-state index contributed by atoms with van der Waals surface area (Å²) in [6, 6.07) is 12.2. The van der Waals surface area contributed by atoms with Gasteiger partial charge in [-0.15, -0.1) is 23.1 Å². The summed E-state index contributed by atoms with van der Waals surface area (Å²) < 4.78 is 45.5. The van der Waals surface area contributed by atoms with Crippen LogP contribution >= 0.6 is 39.0 Å². The van der Waals surface area contributed by atoms with E-state index in [1.54, 1.807) is 18.4 Å². The molecule has 168 valence electrons. The number of carboxylic acids is 1. The first kappa shape index (κ1) is 24.5. The Hall–Kier alpha value is -2.19. The highest BCUT2D eigenvalue weighted by Crippen LogP contribution is 2.39. The zero-order chi connectivity index (χ0) is 23.7. The highest BCUT2D eigenvalue weighted by Gasteiger charge is 2.28. The van der Waals surface area contributed by atoms with E-state index >= 15 is 0 Å². The maximum atomic E-state index is 14.3. The third-order valence-corrected chi connectivity index (χ3v) is 11.5. The van der Waals surface area contributed by atoms with Crippen molar-refractivity contribution in [1.29, 1.82) is 5.41 Å². The fourth-order valence-corrected chi connectivity index (χ4v) is 9.71. The lowest BCUT2D eigenvalue weighted by Gasteiger charge is -2.12. The molecule has 1 heterocycles. The van der Waals surface area contributed by atoms with E-state index in [1.807, 2.05) is 0 Å². The number of carbonyl (C=O) groups is 1. The van der Waals surface area contributed by atoms with E-state index in [9.17, 15) is 17.4 Å². The summed E-state index contributed by atoms with van der Waals surface area (Å²) >= 11 is 5.67. The number of amidine groups is 1. The molecule has 0 saturated carbocycles. The summed E-state index contributed by atoms with van der Waals surface area (Å²) in [5, 5.41) is 16.8. The van der Waals surface area contributed by atoms with E-state index in [2.05, 4.69) is 19.7 Å². The lowest BCUT2D eigenvalue weighted by molar-refractivity contribution is 0.0696.